The van der Waals surface area contributed by atoms with Crippen molar-refractivity contribution in [2.45, 2.75) is 32.1 Å². The van der Waals surface area contributed by atoms with Gasteiger partial charge in [0.25, 0.3) is 5.56 Å². The summed E-state index contributed by atoms with van der Waals surface area (Å²) in [6, 6.07) is 0. The van der Waals surface area contributed by atoms with Crippen molar-refractivity contribution in [1.82, 2.24) is 9.97 Å². The average Bonchev–Trinajstić information content (AvgIpc) is 2.57. The fourth-order valence-corrected chi connectivity index (χ4v) is 1.77. The van der Waals surface area contributed by atoms with Gasteiger partial charge in [0.1, 0.15) is 11.5 Å². The molecule has 0 radical (unpaired) electrons. The molecule has 1 saturated carbocycles. The highest BCUT2D eigenvalue weighted by Gasteiger charge is 2.24. The minimum atomic E-state index is -0.151. The summed E-state index contributed by atoms with van der Waals surface area (Å²) in [6.45, 7) is 1.67. The van der Waals surface area contributed by atoms with Crippen LogP contribution in [0, 0.1) is 6.92 Å². The summed E-state index contributed by atoms with van der Waals surface area (Å²) in [5, 5.41) is 0. The largest absolute Gasteiger partial charge is 0.323 e. The molecule has 0 aromatic carbocycles. The third-order valence-corrected chi connectivity index (χ3v) is 2.67. The SMILES string of the molecule is Cc1ncc(C2CCC(=O)C2)[nH]c1=O. The quantitative estimate of drug-likeness (QED) is 0.719. The maximum atomic E-state index is 11.3. The van der Waals surface area contributed by atoms with Gasteiger partial charge in [0, 0.05) is 30.7 Å². The lowest BCUT2D eigenvalue weighted by atomic mass is 10.1. The number of aromatic amines is 1. The first-order valence-corrected chi connectivity index (χ1v) is 4.74. The number of hydrogen-bond donors (Lipinski definition) is 1. The summed E-state index contributed by atoms with van der Waals surface area (Å²) in [4.78, 5) is 29.1. The maximum Gasteiger partial charge on any atom is 0.269 e. The Bertz CT molecular complexity index is 422. The Morgan fingerprint density at radius 3 is 2.86 bits per heavy atom. The number of carbonyl (C=O) groups excluding carboxylic acids is 1. The number of nitrogens with one attached hydrogen (secondary N) is 1. The second-order valence-corrected chi connectivity index (χ2v) is 3.73. The zero-order chi connectivity index (χ0) is 10.1. The van der Waals surface area contributed by atoms with E-state index in [2.05, 4.69) is 9.97 Å². The number of nitrogens with zero attached hydrogens (tertiary/aromatic N) is 1. The number of aromatic nitrogens is 2. The van der Waals surface area contributed by atoms with E-state index in [-0.39, 0.29) is 17.3 Å². The molecule has 1 aromatic rings. The molecule has 0 saturated heterocycles. The van der Waals surface area contributed by atoms with Gasteiger partial charge in [-0.3, -0.25) is 14.6 Å². The summed E-state index contributed by atoms with van der Waals surface area (Å²) >= 11 is 0. The smallest absolute Gasteiger partial charge is 0.269 e. The summed E-state index contributed by atoms with van der Waals surface area (Å²) < 4.78 is 0. The van der Waals surface area contributed by atoms with Gasteiger partial charge in [-0.2, -0.15) is 0 Å². The van der Waals surface area contributed by atoms with Crippen LogP contribution < -0.4 is 5.56 Å². The monoisotopic (exact) mass is 192 g/mol. The maximum absolute atomic E-state index is 11.3. The third-order valence-electron chi connectivity index (χ3n) is 2.67. The Kier molecular flexibility index (Phi) is 2.19. The normalized spacial score (nSPS) is 21.5. The van der Waals surface area contributed by atoms with Crippen LogP contribution in [0.2, 0.25) is 0 Å². The van der Waals surface area contributed by atoms with Crippen LogP contribution >= 0.6 is 0 Å². The number of aryl methyl sites for hydroxylation is 1. The Hall–Kier alpha value is -1.45. The van der Waals surface area contributed by atoms with Crippen LogP contribution in [0.1, 0.15) is 36.6 Å². The molecule has 74 valence electrons. The van der Waals surface area contributed by atoms with Crippen molar-refractivity contribution >= 4 is 5.78 Å². The zero-order valence-electron chi connectivity index (χ0n) is 8.04. The van der Waals surface area contributed by atoms with Crippen LogP contribution in [0.25, 0.3) is 0 Å². The molecule has 1 fully saturated rings. The van der Waals surface area contributed by atoms with Gasteiger partial charge in [-0.05, 0) is 13.3 Å². The molecule has 0 amide bonds. The number of Topliss-reactive ketones (excluding diaryl/α,β-unsaturated/α-hetero) is 1. The predicted molar refractivity (Wildman–Crippen MR) is 51.2 cm³/mol. The van der Waals surface area contributed by atoms with Crippen LogP contribution in [-0.4, -0.2) is 15.8 Å². The summed E-state index contributed by atoms with van der Waals surface area (Å²) in [5.74, 6) is 0.444. The second-order valence-electron chi connectivity index (χ2n) is 3.73. The zero-order valence-corrected chi connectivity index (χ0v) is 8.04. The lowest BCUT2D eigenvalue weighted by Gasteiger charge is -2.06. The standard InChI is InChI=1S/C10H12N2O2/c1-6-10(14)12-9(5-11-6)7-2-3-8(13)4-7/h5,7H,2-4H2,1H3,(H,12,14). The van der Waals surface area contributed by atoms with Crippen molar-refractivity contribution in [3.63, 3.8) is 0 Å². The Morgan fingerprint density at radius 2 is 2.29 bits per heavy atom. The van der Waals surface area contributed by atoms with Crippen LogP contribution in [0.4, 0.5) is 0 Å². The molecular weight excluding hydrogens is 180 g/mol. The lowest BCUT2D eigenvalue weighted by Crippen LogP contribution is -2.15. The molecule has 4 heteroatoms. The molecule has 1 N–H and O–H groups in total. The number of hydrogen-bond acceptors (Lipinski definition) is 3. The minimum Gasteiger partial charge on any atom is -0.323 e. The lowest BCUT2D eigenvalue weighted by molar-refractivity contribution is -0.117. The van der Waals surface area contributed by atoms with Gasteiger partial charge >= 0.3 is 0 Å². The van der Waals surface area contributed by atoms with Crippen LogP contribution in [0.5, 0.6) is 0 Å². The molecule has 14 heavy (non-hydrogen) atoms. The van der Waals surface area contributed by atoms with Crippen LogP contribution in [-0.2, 0) is 4.79 Å². The molecule has 1 heterocycles. The van der Waals surface area contributed by atoms with Crippen molar-refractivity contribution < 1.29 is 4.79 Å². The van der Waals surface area contributed by atoms with Gasteiger partial charge in [-0.25, -0.2) is 0 Å². The van der Waals surface area contributed by atoms with Gasteiger partial charge in [0.15, 0.2) is 0 Å². The number of ketones is 1. The molecule has 0 spiro atoms. The first-order valence-electron chi connectivity index (χ1n) is 4.74. The molecule has 1 aliphatic carbocycles. The third kappa shape index (κ3) is 1.60. The molecule has 1 unspecified atom stereocenters. The van der Waals surface area contributed by atoms with E-state index in [4.69, 9.17) is 0 Å². The highest BCUT2D eigenvalue weighted by molar-refractivity contribution is 5.81. The van der Waals surface area contributed by atoms with E-state index < -0.39 is 0 Å². The number of H-pyrrole nitrogens is 1. The highest BCUT2D eigenvalue weighted by atomic mass is 16.1. The Morgan fingerprint density at radius 1 is 1.50 bits per heavy atom. The Balaban J connectivity index is 2.29. The van der Waals surface area contributed by atoms with E-state index in [1.54, 1.807) is 13.1 Å². The van der Waals surface area contributed by atoms with Crippen molar-refractivity contribution in [3.8, 4) is 0 Å². The Labute approximate surface area is 81.4 Å². The van der Waals surface area contributed by atoms with Crippen molar-refractivity contribution in [2.75, 3.05) is 0 Å². The van der Waals surface area contributed by atoms with Gasteiger partial charge in [0.05, 0.1) is 0 Å². The molecule has 2 rings (SSSR count). The van der Waals surface area contributed by atoms with Crippen LogP contribution in [0.15, 0.2) is 11.0 Å². The summed E-state index contributed by atoms with van der Waals surface area (Å²) in [5.41, 5.74) is 1.12. The number of rotatable bonds is 1. The van der Waals surface area contributed by atoms with E-state index in [0.717, 1.165) is 12.1 Å². The molecule has 4 nitrogen and oxygen atoms in total. The summed E-state index contributed by atoms with van der Waals surface area (Å²) in [7, 11) is 0. The van der Waals surface area contributed by atoms with E-state index in [1.807, 2.05) is 0 Å². The van der Waals surface area contributed by atoms with E-state index >= 15 is 0 Å². The van der Waals surface area contributed by atoms with Gasteiger partial charge in [-0.1, -0.05) is 0 Å². The average molecular weight is 192 g/mol. The van der Waals surface area contributed by atoms with Gasteiger partial charge in [-0.15, -0.1) is 0 Å². The van der Waals surface area contributed by atoms with E-state index in [1.165, 1.54) is 0 Å². The number of carbonyl (C=O) groups is 1. The first kappa shape index (κ1) is 9.12. The van der Waals surface area contributed by atoms with Crippen molar-refractivity contribution in [3.05, 3.63) is 27.9 Å². The van der Waals surface area contributed by atoms with Gasteiger partial charge in [0.2, 0.25) is 0 Å². The summed E-state index contributed by atoms with van der Waals surface area (Å²) in [6.07, 6.45) is 3.67. The molecule has 1 aromatic heterocycles. The molecular formula is C10H12N2O2. The molecule has 1 atom stereocenters. The fourth-order valence-electron chi connectivity index (χ4n) is 1.77. The van der Waals surface area contributed by atoms with E-state index in [0.29, 0.717) is 18.5 Å². The topological polar surface area (TPSA) is 62.8 Å². The molecule has 0 bridgehead atoms. The molecule has 1 aliphatic rings. The first-order chi connectivity index (χ1) is 6.66. The minimum absolute atomic E-state index is 0.151. The molecule has 0 aliphatic heterocycles. The highest BCUT2D eigenvalue weighted by Crippen LogP contribution is 2.29. The fraction of sp³-hybridized carbons (Fsp3) is 0.500. The van der Waals surface area contributed by atoms with Gasteiger partial charge < -0.3 is 4.98 Å². The van der Waals surface area contributed by atoms with Crippen LogP contribution in [0.3, 0.4) is 0 Å². The van der Waals surface area contributed by atoms with E-state index in [9.17, 15) is 9.59 Å². The van der Waals surface area contributed by atoms with Crippen molar-refractivity contribution in [1.29, 1.82) is 0 Å². The predicted octanol–water partition coefficient (Wildman–Crippen LogP) is 0.915. The second kappa shape index (κ2) is 3.36. The van der Waals surface area contributed by atoms with Crippen molar-refractivity contribution in [2.24, 2.45) is 0 Å².